The van der Waals surface area contributed by atoms with Crippen LogP contribution in [0.1, 0.15) is 76.0 Å². The molecular formula is C31H44F2N8O4S. The SMILES string of the molecule is CC(C)(C)C(N)C=O.CCO.COCn1cc(-c2nc(C(=O)N/C(C=NC3CCCCC3)=C(/N)c3nc(F)ccc3F)cs2)cn1. The number of carbonyl (C=O) groups excluding carboxylic acids is 2. The molecule has 1 atom stereocenters. The van der Waals surface area contributed by atoms with Gasteiger partial charge in [-0.15, -0.1) is 11.3 Å². The van der Waals surface area contributed by atoms with Crippen molar-refractivity contribution >= 4 is 35.4 Å². The molecule has 1 fully saturated rings. The third kappa shape index (κ3) is 12.1. The normalized spacial score (nSPS) is 14.8. The molecule has 0 spiro atoms. The van der Waals surface area contributed by atoms with Gasteiger partial charge in [0.1, 0.15) is 29.4 Å². The van der Waals surface area contributed by atoms with Gasteiger partial charge in [-0.1, -0.05) is 40.0 Å². The Balaban J connectivity index is 0.000000577. The molecule has 1 unspecified atom stereocenters. The van der Waals surface area contributed by atoms with Gasteiger partial charge in [-0.3, -0.25) is 9.79 Å². The lowest BCUT2D eigenvalue weighted by Gasteiger charge is -2.20. The number of allylic oxidation sites excluding steroid dienone is 1. The summed E-state index contributed by atoms with van der Waals surface area (Å²) in [6.45, 7) is 8.03. The van der Waals surface area contributed by atoms with Crippen LogP contribution in [0.3, 0.4) is 0 Å². The van der Waals surface area contributed by atoms with Crippen LogP contribution in [0, 0.1) is 17.2 Å². The number of aliphatic hydroxyl groups excluding tert-OH is 1. The van der Waals surface area contributed by atoms with Crippen molar-refractivity contribution in [3.8, 4) is 10.6 Å². The molecule has 1 aliphatic rings. The Morgan fingerprint density at radius 1 is 1.26 bits per heavy atom. The highest BCUT2D eigenvalue weighted by Crippen LogP contribution is 2.24. The summed E-state index contributed by atoms with van der Waals surface area (Å²) in [5, 5.41) is 16.6. The molecule has 0 radical (unpaired) electrons. The summed E-state index contributed by atoms with van der Waals surface area (Å²) in [6, 6.07) is 1.57. The zero-order chi connectivity index (χ0) is 34.3. The molecule has 15 heteroatoms. The number of aliphatic imine (C=N–C) groups is 1. The predicted octanol–water partition coefficient (Wildman–Crippen LogP) is 4.30. The van der Waals surface area contributed by atoms with E-state index in [1.807, 2.05) is 20.8 Å². The number of pyridine rings is 1. The van der Waals surface area contributed by atoms with Gasteiger partial charge in [-0.2, -0.15) is 9.49 Å². The molecule has 46 heavy (non-hydrogen) atoms. The Labute approximate surface area is 272 Å². The second kappa shape index (κ2) is 18.9. The fourth-order valence-corrected chi connectivity index (χ4v) is 4.67. The number of rotatable bonds is 9. The predicted molar refractivity (Wildman–Crippen MR) is 175 cm³/mol. The maximum atomic E-state index is 14.4. The molecule has 12 nitrogen and oxygen atoms in total. The first-order valence-corrected chi connectivity index (χ1v) is 15.7. The van der Waals surface area contributed by atoms with Gasteiger partial charge in [0, 0.05) is 37.1 Å². The Hall–Kier alpha value is -3.92. The van der Waals surface area contributed by atoms with E-state index in [1.165, 1.54) is 17.6 Å². The van der Waals surface area contributed by atoms with E-state index in [0.717, 1.165) is 56.1 Å². The number of methoxy groups -OCH3 is 1. The monoisotopic (exact) mass is 662 g/mol. The minimum Gasteiger partial charge on any atom is -0.397 e. The highest BCUT2D eigenvalue weighted by atomic mass is 32.1. The van der Waals surface area contributed by atoms with Crippen molar-refractivity contribution in [1.82, 2.24) is 25.1 Å². The Bertz CT molecular complexity index is 1460. The van der Waals surface area contributed by atoms with E-state index in [4.69, 9.17) is 21.3 Å². The van der Waals surface area contributed by atoms with Crippen molar-refractivity contribution in [2.45, 2.75) is 78.6 Å². The van der Waals surface area contributed by atoms with Crippen molar-refractivity contribution < 1.29 is 28.2 Å². The topological polar surface area (TPSA) is 184 Å². The minimum atomic E-state index is -0.891. The highest BCUT2D eigenvalue weighted by molar-refractivity contribution is 7.13. The van der Waals surface area contributed by atoms with Crippen LogP contribution in [0.25, 0.3) is 16.3 Å². The highest BCUT2D eigenvalue weighted by Gasteiger charge is 2.20. The molecule has 0 saturated heterocycles. The van der Waals surface area contributed by atoms with E-state index in [2.05, 4.69) is 25.4 Å². The number of carbonyl (C=O) groups is 2. The molecule has 3 heterocycles. The zero-order valence-corrected chi connectivity index (χ0v) is 27.7. The first-order valence-electron chi connectivity index (χ1n) is 14.8. The Kier molecular flexibility index (Phi) is 15.7. The van der Waals surface area contributed by atoms with Crippen molar-refractivity contribution in [2.24, 2.45) is 21.9 Å². The largest absolute Gasteiger partial charge is 0.397 e. The number of nitrogens with one attached hydrogen (secondary N) is 1. The number of thiazole rings is 1. The van der Waals surface area contributed by atoms with E-state index in [9.17, 15) is 18.4 Å². The first kappa shape index (κ1) is 38.3. The van der Waals surface area contributed by atoms with Gasteiger partial charge in [0.2, 0.25) is 5.95 Å². The van der Waals surface area contributed by atoms with Gasteiger partial charge in [0.25, 0.3) is 5.91 Å². The summed E-state index contributed by atoms with van der Waals surface area (Å²) in [7, 11) is 1.56. The Morgan fingerprint density at radius 2 is 1.93 bits per heavy atom. The second-order valence-corrected chi connectivity index (χ2v) is 12.2. The van der Waals surface area contributed by atoms with Crippen LogP contribution >= 0.6 is 11.3 Å². The van der Waals surface area contributed by atoms with E-state index < -0.39 is 23.4 Å². The standard InChI is InChI=1S/C23H25F2N7O2S.C6H13NO.C2H6O/c1-34-13-32-11-14(9-28-32)23-30-18(12-35-23)22(33)29-17(10-27-15-5-3-2-4-6-15)20(26)21-16(24)7-8-19(25)31-21;1-6(2,3)5(7)4-8;1-2-3/h7-12,15H,2-6,13,26H2,1H3,(H,29,33);4-5H,7H2,1-3H3;3H,2H2,1H3/b20-17+,27-10?;;. The third-order valence-corrected chi connectivity index (χ3v) is 7.51. The molecule has 0 aliphatic heterocycles. The van der Waals surface area contributed by atoms with Gasteiger partial charge in [0.05, 0.1) is 29.7 Å². The van der Waals surface area contributed by atoms with Gasteiger partial charge in [-0.05, 0) is 37.3 Å². The lowest BCUT2D eigenvalue weighted by molar-refractivity contribution is -0.110. The number of aromatic nitrogens is 4. The van der Waals surface area contributed by atoms with Crippen molar-refractivity contribution in [2.75, 3.05) is 13.7 Å². The van der Waals surface area contributed by atoms with E-state index in [0.29, 0.717) is 5.01 Å². The van der Waals surface area contributed by atoms with Gasteiger partial charge < -0.3 is 31.4 Å². The quantitative estimate of drug-likeness (QED) is 0.147. The fourth-order valence-electron chi connectivity index (χ4n) is 3.89. The lowest BCUT2D eigenvalue weighted by atomic mass is 9.89. The van der Waals surface area contributed by atoms with Crippen LogP contribution in [-0.4, -0.2) is 69.1 Å². The molecule has 1 saturated carbocycles. The number of amides is 1. The van der Waals surface area contributed by atoms with Crippen LogP contribution in [0.4, 0.5) is 8.78 Å². The number of hydrogen-bond acceptors (Lipinski definition) is 11. The number of nitrogens with two attached hydrogens (primary N) is 2. The molecule has 1 amide bonds. The summed E-state index contributed by atoms with van der Waals surface area (Å²) in [5.74, 6) is -2.27. The summed E-state index contributed by atoms with van der Waals surface area (Å²) in [5.41, 5.74) is 11.7. The molecule has 3 aromatic rings. The van der Waals surface area contributed by atoms with Crippen LogP contribution in [-0.2, 0) is 16.3 Å². The van der Waals surface area contributed by atoms with Crippen molar-refractivity contribution in [3.63, 3.8) is 0 Å². The number of aliphatic hydroxyl groups is 1. The number of ether oxygens (including phenoxy) is 1. The zero-order valence-electron chi connectivity index (χ0n) is 26.9. The number of halogens is 2. The summed E-state index contributed by atoms with van der Waals surface area (Å²) < 4.78 is 34.7. The van der Waals surface area contributed by atoms with Gasteiger partial charge in [-0.25, -0.2) is 19.0 Å². The summed E-state index contributed by atoms with van der Waals surface area (Å²) >= 11 is 1.27. The first-order chi connectivity index (χ1) is 21.8. The van der Waals surface area contributed by atoms with E-state index in [1.54, 1.807) is 36.5 Å². The molecule has 1 aliphatic carbocycles. The van der Waals surface area contributed by atoms with Crippen LogP contribution in [0.15, 0.2) is 40.6 Å². The van der Waals surface area contributed by atoms with E-state index in [-0.39, 0.29) is 47.9 Å². The third-order valence-electron chi connectivity index (χ3n) is 6.62. The average molecular weight is 663 g/mol. The molecular weight excluding hydrogens is 618 g/mol. The molecule has 6 N–H and O–H groups in total. The second-order valence-electron chi connectivity index (χ2n) is 11.4. The Morgan fingerprint density at radius 3 is 2.52 bits per heavy atom. The minimum absolute atomic E-state index is 0.0278. The number of nitrogens with zero attached hydrogens (tertiary/aromatic N) is 5. The van der Waals surface area contributed by atoms with Crippen LogP contribution in [0.5, 0.6) is 0 Å². The van der Waals surface area contributed by atoms with Gasteiger partial charge in [0.15, 0.2) is 5.82 Å². The van der Waals surface area contributed by atoms with E-state index >= 15 is 0 Å². The fraction of sp³-hybridized carbons (Fsp3) is 0.484. The number of hydrogen-bond donors (Lipinski definition) is 4. The smallest absolute Gasteiger partial charge is 0.275 e. The summed E-state index contributed by atoms with van der Waals surface area (Å²) in [6.07, 6.45) is 10.7. The molecule has 3 aromatic heterocycles. The van der Waals surface area contributed by atoms with Gasteiger partial charge >= 0.3 is 0 Å². The molecule has 252 valence electrons. The summed E-state index contributed by atoms with van der Waals surface area (Å²) in [4.78, 5) is 35.5. The van der Waals surface area contributed by atoms with Crippen molar-refractivity contribution in [1.29, 1.82) is 0 Å². The molecule has 0 aromatic carbocycles. The maximum absolute atomic E-state index is 14.4. The molecule has 4 rings (SSSR count). The van der Waals surface area contributed by atoms with Crippen LogP contribution < -0.4 is 16.8 Å². The maximum Gasteiger partial charge on any atom is 0.275 e. The van der Waals surface area contributed by atoms with Crippen LogP contribution in [0.2, 0.25) is 0 Å². The number of aldehydes is 1. The average Bonchev–Trinajstić information content (AvgIpc) is 3.71. The molecule has 0 bridgehead atoms. The lowest BCUT2D eigenvalue weighted by Crippen LogP contribution is -2.36. The van der Waals surface area contributed by atoms with Crippen molar-refractivity contribution in [3.05, 3.63) is 58.8 Å².